The fourth-order valence-electron chi connectivity index (χ4n) is 3.42. The average Bonchev–Trinajstić information content (AvgIpc) is 2.26. The zero-order valence-corrected chi connectivity index (χ0v) is 10.2. The van der Waals surface area contributed by atoms with E-state index in [9.17, 15) is 5.11 Å². The van der Waals surface area contributed by atoms with Crippen molar-refractivity contribution in [2.24, 2.45) is 11.8 Å². The molecule has 0 unspecified atom stereocenters. The van der Waals surface area contributed by atoms with Crippen molar-refractivity contribution < 1.29 is 5.11 Å². The highest BCUT2D eigenvalue weighted by molar-refractivity contribution is 4.84. The van der Waals surface area contributed by atoms with Gasteiger partial charge in [-0.15, -0.1) is 0 Å². The fourth-order valence-corrected chi connectivity index (χ4v) is 3.42. The number of aliphatic hydroxyl groups excluding tert-OH is 1. The van der Waals surface area contributed by atoms with Gasteiger partial charge < -0.3 is 5.11 Å². The largest absolute Gasteiger partial charge is 0.378 e. The quantitative estimate of drug-likeness (QED) is 0.720. The van der Waals surface area contributed by atoms with Crippen LogP contribution in [0.1, 0.15) is 51.9 Å². The first-order valence-electron chi connectivity index (χ1n) is 6.58. The maximum absolute atomic E-state index is 9.98. The van der Waals surface area contributed by atoms with Gasteiger partial charge in [0.2, 0.25) is 0 Å². The molecule has 2 heteroatoms. The molecule has 0 aromatic heterocycles. The van der Waals surface area contributed by atoms with Gasteiger partial charge in [-0.2, -0.15) is 0 Å². The van der Waals surface area contributed by atoms with Gasteiger partial charge in [0.1, 0.15) is 6.23 Å². The molecule has 0 radical (unpaired) electrons. The third-order valence-electron chi connectivity index (χ3n) is 4.64. The number of aliphatic hydroxyl groups is 1. The van der Waals surface area contributed by atoms with E-state index < -0.39 is 0 Å². The molecule has 0 aromatic rings. The van der Waals surface area contributed by atoms with E-state index in [1.54, 1.807) is 0 Å². The summed E-state index contributed by atoms with van der Waals surface area (Å²) in [6.45, 7) is 2.25. The molecule has 15 heavy (non-hydrogen) atoms. The molecule has 1 saturated carbocycles. The molecule has 0 spiro atoms. The molecule has 2 aliphatic rings. The standard InChI is InChI=1S/C13H25NO/c1-10-8-12(9-13(15)14(10)2)11-6-4-3-5-7-11/h10-13,15H,3-9H2,1-2H3/t10-,12-,13-/m1/s1. The van der Waals surface area contributed by atoms with Gasteiger partial charge in [-0.1, -0.05) is 32.1 Å². The molecule has 1 aliphatic heterocycles. The highest BCUT2D eigenvalue weighted by Crippen LogP contribution is 2.38. The summed E-state index contributed by atoms with van der Waals surface area (Å²) in [7, 11) is 2.05. The Balaban J connectivity index is 1.92. The lowest BCUT2D eigenvalue weighted by molar-refractivity contribution is -0.0667. The van der Waals surface area contributed by atoms with Crippen molar-refractivity contribution in [2.45, 2.75) is 64.1 Å². The molecule has 88 valence electrons. The zero-order valence-electron chi connectivity index (χ0n) is 10.2. The summed E-state index contributed by atoms with van der Waals surface area (Å²) < 4.78 is 0. The third kappa shape index (κ3) is 2.54. The lowest BCUT2D eigenvalue weighted by Gasteiger charge is -2.43. The Kier molecular flexibility index (Phi) is 3.68. The summed E-state index contributed by atoms with van der Waals surface area (Å²) in [6.07, 6.45) is 9.19. The van der Waals surface area contributed by atoms with Gasteiger partial charge in [0.25, 0.3) is 0 Å². The number of piperidine rings is 1. The molecule has 0 bridgehead atoms. The first kappa shape index (κ1) is 11.4. The van der Waals surface area contributed by atoms with Crippen molar-refractivity contribution in [2.75, 3.05) is 7.05 Å². The van der Waals surface area contributed by atoms with Crippen LogP contribution in [0.25, 0.3) is 0 Å². The number of hydrogen-bond acceptors (Lipinski definition) is 2. The fraction of sp³-hybridized carbons (Fsp3) is 1.00. The van der Waals surface area contributed by atoms with Crippen molar-refractivity contribution in [1.29, 1.82) is 0 Å². The van der Waals surface area contributed by atoms with E-state index in [0.29, 0.717) is 6.04 Å². The van der Waals surface area contributed by atoms with Crippen LogP contribution in [0, 0.1) is 11.8 Å². The Morgan fingerprint density at radius 3 is 2.27 bits per heavy atom. The van der Waals surface area contributed by atoms with E-state index in [1.165, 1.54) is 38.5 Å². The van der Waals surface area contributed by atoms with Crippen LogP contribution in [0.3, 0.4) is 0 Å². The molecule has 2 nitrogen and oxygen atoms in total. The Morgan fingerprint density at radius 1 is 1.00 bits per heavy atom. The molecule has 1 aliphatic carbocycles. The summed E-state index contributed by atoms with van der Waals surface area (Å²) in [5, 5.41) is 9.98. The second kappa shape index (κ2) is 4.84. The van der Waals surface area contributed by atoms with Crippen molar-refractivity contribution >= 4 is 0 Å². The van der Waals surface area contributed by atoms with Gasteiger partial charge in [-0.05, 0) is 38.6 Å². The second-order valence-electron chi connectivity index (χ2n) is 5.62. The maximum Gasteiger partial charge on any atom is 0.107 e. The molecule has 1 N–H and O–H groups in total. The Hall–Kier alpha value is -0.0800. The third-order valence-corrected chi connectivity index (χ3v) is 4.64. The van der Waals surface area contributed by atoms with Gasteiger partial charge in [0, 0.05) is 6.04 Å². The van der Waals surface area contributed by atoms with Gasteiger partial charge in [0.05, 0.1) is 0 Å². The van der Waals surface area contributed by atoms with Crippen molar-refractivity contribution in [1.82, 2.24) is 4.90 Å². The van der Waals surface area contributed by atoms with Gasteiger partial charge in [-0.3, -0.25) is 4.90 Å². The molecule has 2 fully saturated rings. The van der Waals surface area contributed by atoms with E-state index in [0.717, 1.165) is 18.3 Å². The number of nitrogens with zero attached hydrogens (tertiary/aromatic N) is 1. The average molecular weight is 211 g/mol. The molecular weight excluding hydrogens is 186 g/mol. The Bertz CT molecular complexity index is 189. The SMILES string of the molecule is C[C@@H]1C[C@@H](C2CCCCC2)C[C@@H](O)N1C. The predicted octanol–water partition coefficient (Wildman–Crippen LogP) is 2.62. The first-order chi connectivity index (χ1) is 7.18. The molecule has 2 rings (SSSR count). The summed E-state index contributed by atoms with van der Waals surface area (Å²) in [4.78, 5) is 2.12. The smallest absolute Gasteiger partial charge is 0.107 e. The minimum Gasteiger partial charge on any atom is -0.378 e. The van der Waals surface area contributed by atoms with Crippen LogP contribution in [0.4, 0.5) is 0 Å². The van der Waals surface area contributed by atoms with Crippen LogP contribution in [0.2, 0.25) is 0 Å². The summed E-state index contributed by atoms with van der Waals surface area (Å²) in [5.41, 5.74) is 0. The van der Waals surface area contributed by atoms with E-state index in [-0.39, 0.29) is 6.23 Å². The monoisotopic (exact) mass is 211 g/mol. The zero-order chi connectivity index (χ0) is 10.8. The Labute approximate surface area is 93.7 Å². The van der Waals surface area contributed by atoms with Crippen LogP contribution < -0.4 is 0 Å². The van der Waals surface area contributed by atoms with E-state index in [4.69, 9.17) is 0 Å². The highest BCUT2D eigenvalue weighted by atomic mass is 16.3. The van der Waals surface area contributed by atoms with E-state index >= 15 is 0 Å². The number of likely N-dealkylation sites (tertiary alicyclic amines) is 1. The molecule has 1 heterocycles. The van der Waals surface area contributed by atoms with E-state index in [1.807, 2.05) is 7.05 Å². The second-order valence-corrected chi connectivity index (χ2v) is 5.62. The van der Waals surface area contributed by atoms with Gasteiger partial charge in [-0.25, -0.2) is 0 Å². The van der Waals surface area contributed by atoms with Crippen molar-refractivity contribution in [3.8, 4) is 0 Å². The molecular formula is C13H25NO. The first-order valence-corrected chi connectivity index (χ1v) is 6.58. The summed E-state index contributed by atoms with van der Waals surface area (Å²) in [5.74, 6) is 1.69. The van der Waals surface area contributed by atoms with Gasteiger partial charge >= 0.3 is 0 Å². The minimum absolute atomic E-state index is 0.194. The van der Waals surface area contributed by atoms with Crippen molar-refractivity contribution in [3.05, 3.63) is 0 Å². The Morgan fingerprint density at radius 2 is 1.67 bits per heavy atom. The lowest BCUT2D eigenvalue weighted by Crippen LogP contribution is -2.47. The molecule has 3 atom stereocenters. The lowest BCUT2D eigenvalue weighted by atomic mass is 9.74. The topological polar surface area (TPSA) is 23.5 Å². The molecule has 0 aromatic carbocycles. The normalized spacial score (nSPS) is 40.6. The predicted molar refractivity (Wildman–Crippen MR) is 62.5 cm³/mol. The van der Waals surface area contributed by atoms with Gasteiger partial charge in [0.15, 0.2) is 0 Å². The highest BCUT2D eigenvalue weighted by Gasteiger charge is 2.34. The van der Waals surface area contributed by atoms with Crippen LogP contribution in [0.5, 0.6) is 0 Å². The number of hydrogen-bond donors (Lipinski definition) is 1. The molecule has 1 saturated heterocycles. The number of rotatable bonds is 1. The summed E-state index contributed by atoms with van der Waals surface area (Å²) >= 11 is 0. The van der Waals surface area contributed by atoms with Crippen LogP contribution >= 0.6 is 0 Å². The molecule has 0 amide bonds. The van der Waals surface area contributed by atoms with Crippen LogP contribution in [0.15, 0.2) is 0 Å². The van der Waals surface area contributed by atoms with Crippen LogP contribution in [-0.2, 0) is 0 Å². The minimum atomic E-state index is -0.194. The van der Waals surface area contributed by atoms with E-state index in [2.05, 4.69) is 11.8 Å². The maximum atomic E-state index is 9.98. The van der Waals surface area contributed by atoms with Crippen LogP contribution in [-0.4, -0.2) is 29.3 Å². The summed E-state index contributed by atoms with van der Waals surface area (Å²) in [6, 6.07) is 0.556. The van der Waals surface area contributed by atoms with Crippen molar-refractivity contribution in [3.63, 3.8) is 0 Å².